The highest BCUT2D eigenvalue weighted by atomic mass is 19.4. The molecule has 1 aromatic carbocycles. The number of halogens is 3. The molecule has 0 spiro atoms. The van der Waals surface area contributed by atoms with E-state index in [0.717, 1.165) is 37.3 Å². The van der Waals surface area contributed by atoms with Crippen molar-refractivity contribution in [2.75, 3.05) is 18.0 Å². The summed E-state index contributed by atoms with van der Waals surface area (Å²) in [5, 5.41) is 8.44. The third kappa shape index (κ3) is 5.89. The molecule has 0 N–H and O–H groups in total. The van der Waals surface area contributed by atoms with Crippen LogP contribution in [0.4, 0.5) is 19.0 Å². The van der Waals surface area contributed by atoms with Gasteiger partial charge in [0.25, 0.3) is 5.89 Å². The van der Waals surface area contributed by atoms with Crippen molar-refractivity contribution in [2.24, 2.45) is 5.41 Å². The molecule has 5 rings (SSSR count). The second kappa shape index (κ2) is 9.49. The van der Waals surface area contributed by atoms with Crippen molar-refractivity contribution in [3.8, 4) is 28.9 Å². The van der Waals surface area contributed by atoms with Crippen molar-refractivity contribution in [1.29, 1.82) is 0 Å². The Morgan fingerprint density at radius 2 is 1.76 bits per heavy atom. The fourth-order valence-corrected chi connectivity index (χ4v) is 4.14. The maximum atomic E-state index is 12.4. The number of rotatable bonds is 6. The van der Waals surface area contributed by atoms with Crippen molar-refractivity contribution >= 4 is 5.82 Å². The summed E-state index contributed by atoms with van der Waals surface area (Å²) in [6.45, 7) is 8.89. The monoisotopic (exact) mass is 513 g/mol. The number of pyridine rings is 1. The van der Waals surface area contributed by atoms with Gasteiger partial charge in [-0.3, -0.25) is 0 Å². The molecule has 4 aromatic rings. The fourth-order valence-electron chi connectivity index (χ4n) is 4.14. The van der Waals surface area contributed by atoms with Crippen molar-refractivity contribution < 1.29 is 22.4 Å². The highest BCUT2D eigenvalue weighted by Crippen LogP contribution is 2.32. The first-order valence-corrected chi connectivity index (χ1v) is 11.9. The quantitative estimate of drug-likeness (QED) is 0.344. The standard InChI is InChI=1S/C25H26F3N7O2/c1-16-30-22(23-31-21(33-37-23)18-4-6-19(7-5-18)36-25(26,27)28)32-35(16)15-17-8-11-29-20(14-17)34-12-9-24(2,3)10-13-34/h4-8,11,14H,9-10,12-13,15H2,1-3H3. The van der Waals surface area contributed by atoms with E-state index in [4.69, 9.17) is 4.52 Å². The van der Waals surface area contributed by atoms with Crippen LogP contribution in [-0.4, -0.2) is 49.3 Å². The largest absolute Gasteiger partial charge is 0.573 e. The summed E-state index contributed by atoms with van der Waals surface area (Å²) in [6.07, 6.45) is -0.692. The van der Waals surface area contributed by atoms with E-state index >= 15 is 0 Å². The van der Waals surface area contributed by atoms with E-state index in [9.17, 15) is 13.2 Å². The molecule has 4 heterocycles. The Hall–Kier alpha value is -3.96. The van der Waals surface area contributed by atoms with Crippen LogP contribution in [0.3, 0.4) is 0 Å². The van der Waals surface area contributed by atoms with Gasteiger partial charge in [0.1, 0.15) is 17.4 Å². The average molecular weight is 514 g/mol. The van der Waals surface area contributed by atoms with Crippen LogP contribution in [0.25, 0.3) is 23.1 Å². The van der Waals surface area contributed by atoms with E-state index in [2.05, 4.69) is 54.8 Å². The molecule has 0 amide bonds. The third-order valence-corrected chi connectivity index (χ3v) is 6.40. The van der Waals surface area contributed by atoms with E-state index in [1.807, 2.05) is 19.2 Å². The second-order valence-corrected chi connectivity index (χ2v) is 9.81. The Bertz CT molecular complexity index is 1370. The average Bonchev–Trinajstić information content (AvgIpc) is 3.46. The van der Waals surface area contributed by atoms with Gasteiger partial charge in [-0.25, -0.2) is 14.6 Å². The predicted molar refractivity (Wildman–Crippen MR) is 129 cm³/mol. The van der Waals surface area contributed by atoms with Crippen LogP contribution in [0.2, 0.25) is 0 Å². The summed E-state index contributed by atoms with van der Waals surface area (Å²) in [6, 6.07) is 9.23. The van der Waals surface area contributed by atoms with Crippen molar-refractivity contribution in [2.45, 2.75) is 46.5 Å². The Morgan fingerprint density at radius 3 is 2.46 bits per heavy atom. The summed E-state index contributed by atoms with van der Waals surface area (Å²) in [7, 11) is 0. The maximum absolute atomic E-state index is 12.4. The minimum Gasteiger partial charge on any atom is -0.406 e. The molecule has 0 unspecified atom stereocenters. The first-order chi connectivity index (χ1) is 17.5. The summed E-state index contributed by atoms with van der Waals surface area (Å²) >= 11 is 0. The lowest BCUT2D eigenvalue weighted by Crippen LogP contribution is -2.37. The molecule has 3 aromatic heterocycles. The van der Waals surface area contributed by atoms with Crippen LogP contribution >= 0.6 is 0 Å². The molecule has 0 saturated carbocycles. The first-order valence-electron chi connectivity index (χ1n) is 11.9. The highest BCUT2D eigenvalue weighted by Gasteiger charge is 2.31. The summed E-state index contributed by atoms with van der Waals surface area (Å²) in [4.78, 5) is 15.6. The van der Waals surface area contributed by atoms with Crippen LogP contribution in [0, 0.1) is 12.3 Å². The zero-order valence-corrected chi connectivity index (χ0v) is 20.7. The molecular formula is C25H26F3N7O2. The van der Waals surface area contributed by atoms with Gasteiger partial charge in [0.05, 0.1) is 6.54 Å². The molecule has 0 radical (unpaired) electrons. The van der Waals surface area contributed by atoms with Gasteiger partial charge in [0.2, 0.25) is 11.6 Å². The second-order valence-electron chi connectivity index (χ2n) is 9.81. The number of piperidine rings is 1. The molecule has 12 heteroatoms. The first kappa shape index (κ1) is 24.7. The van der Waals surface area contributed by atoms with Crippen molar-refractivity contribution in [3.63, 3.8) is 0 Å². The molecule has 1 saturated heterocycles. The SMILES string of the molecule is Cc1nc(-c2nc(-c3ccc(OC(F)(F)F)cc3)no2)nn1Cc1ccnc(N2CCC(C)(C)CC2)c1. The summed E-state index contributed by atoms with van der Waals surface area (Å²) in [5.74, 6) is 1.87. The van der Waals surface area contributed by atoms with Gasteiger partial charge in [0.15, 0.2) is 0 Å². The van der Waals surface area contributed by atoms with Gasteiger partial charge in [0, 0.05) is 24.8 Å². The zero-order chi connectivity index (χ0) is 26.2. The molecular weight excluding hydrogens is 487 g/mol. The molecule has 37 heavy (non-hydrogen) atoms. The number of anilines is 1. The lowest BCUT2D eigenvalue weighted by molar-refractivity contribution is -0.274. The van der Waals surface area contributed by atoms with Crippen LogP contribution in [0.15, 0.2) is 47.1 Å². The Kier molecular flexibility index (Phi) is 6.34. The molecule has 194 valence electrons. The van der Waals surface area contributed by atoms with Crippen molar-refractivity contribution in [3.05, 3.63) is 54.0 Å². The normalized spacial score (nSPS) is 15.7. The van der Waals surface area contributed by atoms with E-state index in [-0.39, 0.29) is 23.3 Å². The van der Waals surface area contributed by atoms with Gasteiger partial charge < -0.3 is 14.2 Å². The molecule has 1 aliphatic rings. The fraction of sp³-hybridized carbons (Fsp3) is 0.400. The predicted octanol–water partition coefficient (Wildman–Crippen LogP) is 5.27. The van der Waals surface area contributed by atoms with Crippen molar-refractivity contribution in [1.82, 2.24) is 29.9 Å². The number of benzene rings is 1. The molecule has 0 aliphatic carbocycles. The minimum atomic E-state index is -4.76. The minimum absolute atomic E-state index is 0.110. The summed E-state index contributed by atoms with van der Waals surface area (Å²) in [5.41, 5.74) is 1.87. The van der Waals surface area contributed by atoms with E-state index in [1.165, 1.54) is 24.3 Å². The molecule has 0 bridgehead atoms. The number of alkyl halides is 3. The number of hydrogen-bond donors (Lipinski definition) is 0. The maximum Gasteiger partial charge on any atom is 0.573 e. The number of aromatic nitrogens is 6. The lowest BCUT2D eigenvalue weighted by Gasteiger charge is -2.37. The van der Waals surface area contributed by atoms with E-state index in [1.54, 1.807) is 4.68 Å². The topological polar surface area (TPSA) is 95.0 Å². The third-order valence-electron chi connectivity index (χ3n) is 6.40. The number of ether oxygens (including phenoxy) is 1. The van der Waals surface area contributed by atoms with E-state index in [0.29, 0.717) is 23.3 Å². The number of aryl methyl sites for hydroxylation is 1. The zero-order valence-electron chi connectivity index (χ0n) is 20.7. The van der Waals surface area contributed by atoms with Crippen LogP contribution in [0.5, 0.6) is 5.75 Å². The van der Waals surface area contributed by atoms with Crippen LogP contribution in [0.1, 0.15) is 38.1 Å². The smallest absolute Gasteiger partial charge is 0.406 e. The van der Waals surface area contributed by atoms with E-state index < -0.39 is 6.36 Å². The highest BCUT2D eigenvalue weighted by molar-refractivity contribution is 5.57. The Morgan fingerprint density at radius 1 is 1.03 bits per heavy atom. The number of hydrogen-bond acceptors (Lipinski definition) is 8. The lowest BCUT2D eigenvalue weighted by atomic mass is 9.83. The van der Waals surface area contributed by atoms with Crippen LogP contribution < -0.4 is 9.64 Å². The molecule has 1 aliphatic heterocycles. The number of nitrogens with zero attached hydrogens (tertiary/aromatic N) is 7. The molecule has 0 atom stereocenters. The molecule has 9 nitrogen and oxygen atoms in total. The summed E-state index contributed by atoms with van der Waals surface area (Å²) < 4.78 is 48.1. The van der Waals surface area contributed by atoms with Gasteiger partial charge >= 0.3 is 6.36 Å². The molecule has 1 fully saturated rings. The Balaban J connectivity index is 1.29. The Labute approximate surface area is 211 Å². The van der Waals surface area contributed by atoms with Crippen LogP contribution in [-0.2, 0) is 6.54 Å². The van der Waals surface area contributed by atoms with Gasteiger partial charge in [-0.2, -0.15) is 4.98 Å². The van der Waals surface area contributed by atoms with Gasteiger partial charge in [-0.15, -0.1) is 18.3 Å². The van der Waals surface area contributed by atoms with Gasteiger partial charge in [-0.1, -0.05) is 19.0 Å². The van der Waals surface area contributed by atoms with Gasteiger partial charge in [-0.05, 0) is 67.1 Å².